The summed E-state index contributed by atoms with van der Waals surface area (Å²) in [5.74, 6) is -0.410. The summed E-state index contributed by atoms with van der Waals surface area (Å²) in [6.45, 7) is 0.797. The van der Waals surface area contributed by atoms with E-state index in [2.05, 4.69) is 10.00 Å². The van der Waals surface area contributed by atoms with Crippen LogP contribution in [0.2, 0.25) is 0 Å². The number of benzene rings is 1. The lowest BCUT2D eigenvalue weighted by molar-refractivity contribution is 0.103. The van der Waals surface area contributed by atoms with Gasteiger partial charge in [0.25, 0.3) is 0 Å². The second-order valence-corrected chi connectivity index (χ2v) is 6.02. The number of carbonyl (C=O) groups is 1. The number of ketones is 1. The van der Waals surface area contributed by atoms with E-state index < -0.39 is 5.78 Å². The summed E-state index contributed by atoms with van der Waals surface area (Å²) in [5.41, 5.74) is 1.45. The Hall–Kier alpha value is -2.73. The first kappa shape index (κ1) is 17.6. The van der Waals surface area contributed by atoms with E-state index in [9.17, 15) is 9.59 Å². The molecule has 6 heteroatoms. The number of nitrogens with zero attached hydrogens (tertiary/aromatic N) is 4. The van der Waals surface area contributed by atoms with Crippen LogP contribution in [0, 0.1) is 0 Å². The van der Waals surface area contributed by atoms with Crippen molar-refractivity contribution in [2.75, 3.05) is 28.2 Å². The zero-order valence-electron chi connectivity index (χ0n) is 14.4. The van der Waals surface area contributed by atoms with E-state index in [1.165, 1.54) is 12.1 Å². The van der Waals surface area contributed by atoms with Crippen molar-refractivity contribution in [1.29, 1.82) is 0 Å². The van der Waals surface area contributed by atoms with Crippen LogP contribution < -0.4 is 5.43 Å². The first-order chi connectivity index (χ1) is 11.4. The molecule has 0 amide bonds. The van der Waals surface area contributed by atoms with Crippen molar-refractivity contribution in [2.45, 2.75) is 6.54 Å². The molecular weight excluding hydrogens is 304 g/mol. The lowest BCUT2D eigenvalue weighted by Crippen LogP contribution is -2.20. The fourth-order valence-corrected chi connectivity index (χ4v) is 2.18. The van der Waals surface area contributed by atoms with Gasteiger partial charge in [0.15, 0.2) is 5.69 Å². The zero-order chi connectivity index (χ0) is 17.7. The van der Waals surface area contributed by atoms with Crippen LogP contribution in [0.15, 0.2) is 53.6 Å². The van der Waals surface area contributed by atoms with Crippen LogP contribution in [0.25, 0.3) is 5.69 Å². The molecule has 0 aliphatic heterocycles. The minimum atomic E-state index is -0.410. The minimum absolute atomic E-state index is 0.0892. The fourth-order valence-electron chi connectivity index (χ4n) is 2.18. The van der Waals surface area contributed by atoms with Crippen molar-refractivity contribution in [3.05, 3.63) is 70.3 Å². The lowest BCUT2D eigenvalue weighted by atomic mass is 10.2. The summed E-state index contributed by atoms with van der Waals surface area (Å²) in [7, 11) is 7.60. The molecule has 2 rings (SSSR count). The van der Waals surface area contributed by atoms with E-state index in [-0.39, 0.29) is 11.1 Å². The SMILES string of the molecule is CN(C)C=CC(=O)c1nn(-c2cccc(CN(C)C)c2)ccc1=O. The Bertz CT molecular complexity index is 807. The van der Waals surface area contributed by atoms with Crippen LogP contribution in [0.4, 0.5) is 0 Å². The summed E-state index contributed by atoms with van der Waals surface area (Å²) in [5, 5.41) is 4.21. The van der Waals surface area contributed by atoms with Gasteiger partial charge in [0.05, 0.1) is 5.69 Å². The van der Waals surface area contributed by atoms with Crippen LogP contribution in [0.5, 0.6) is 0 Å². The van der Waals surface area contributed by atoms with Crippen LogP contribution in [-0.4, -0.2) is 53.6 Å². The van der Waals surface area contributed by atoms with E-state index in [1.54, 1.807) is 36.1 Å². The number of rotatable bonds is 6. The molecule has 0 saturated carbocycles. The van der Waals surface area contributed by atoms with Crippen molar-refractivity contribution < 1.29 is 4.79 Å². The van der Waals surface area contributed by atoms with Crippen molar-refractivity contribution >= 4 is 5.78 Å². The molecule has 1 aromatic carbocycles. The van der Waals surface area contributed by atoms with Gasteiger partial charge in [-0.1, -0.05) is 12.1 Å². The number of allylic oxidation sites excluding steroid dienone is 1. The first-order valence-electron chi connectivity index (χ1n) is 7.60. The summed E-state index contributed by atoms with van der Waals surface area (Å²) < 4.78 is 1.55. The summed E-state index contributed by atoms with van der Waals surface area (Å²) in [4.78, 5) is 27.9. The highest BCUT2D eigenvalue weighted by atomic mass is 16.1. The van der Waals surface area contributed by atoms with E-state index in [1.807, 2.05) is 38.4 Å². The third-order valence-corrected chi connectivity index (χ3v) is 3.24. The smallest absolute Gasteiger partial charge is 0.211 e. The van der Waals surface area contributed by atoms with Gasteiger partial charge in [-0.25, -0.2) is 4.68 Å². The number of hydrogen-bond donors (Lipinski definition) is 0. The third-order valence-electron chi connectivity index (χ3n) is 3.24. The Morgan fingerprint density at radius 2 is 1.96 bits per heavy atom. The fraction of sp³-hybridized carbons (Fsp3) is 0.278. The van der Waals surface area contributed by atoms with Gasteiger partial charge < -0.3 is 9.80 Å². The predicted molar refractivity (Wildman–Crippen MR) is 94.4 cm³/mol. The normalized spacial score (nSPS) is 11.2. The molecule has 0 radical (unpaired) electrons. The molecule has 0 aliphatic rings. The molecule has 126 valence electrons. The predicted octanol–water partition coefficient (Wildman–Crippen LogP) is 1.55. The van der Waals surface area contributed by atoms with Crippen molar-refractivity contribution in [1.82, 2.24) is 19.6 Å². The maximum Gasteiger partial charge on any atom is 0.211 e. The van der Waals surface area contributed by atoms with Crippen LogP contribution >= 0.6 is 0 Å². The Kier molecular flexibility index (Phi) is 5.65. The molecule has 0 fully saturated rings. The van der Waals surface area contributed by atoms with E-state index >= 15 is 0 Å². The molecule has 1 heterocycles. The minimum Gasteiger partial charge on any atom is -0.383 e. The maximum atomic E-state index is 12.2. The Morgan fingerprint density at radius 1 is 1.21 bits per heavy atom. The third kappa shape index (κ3) is 4.63. The summed E-state index contributed by atoms with van der Waals surface area (Å²) >= 11 is 0. The van der Waals surface area contributed by atoms with Gasteiger partial charge in [-0.2, -0.15) is 5.10 Å². The molecule has 1 aromatic heterocycles. The second kappa shape index (κ2) is 7.70. The van der Waals surface area contributed by atoms with Gasteiger partial charge in [-0.05, 0) is 31.8 Å². The molecule has 0 bridgehead atoms. The Morgan fingerprint density at radius 3 is 2.62 bits per heavy atom. The number of carbonyl (C=O) groups excluding carboxylic acids is 1. The highest BCUT2D eigenvalue weighted by Gasteiger charge is 2.11. The lowest BCUT2D eigenvalue weighted by Gasteiger charge is -2.12. The second-order valence-electron chi connectivity index (χ2n) is 6.02. The highest BCUT2D eigenvalue weighted by molar-refractivity contribution is 6.02. The Balaban J connectivity index is 2.38. The average Bonchev–Trinajstić information content (AvgIpc) is 2.52. The molecule has 0 aliphatic carbocycles. The molecule has 0 spiro atoms. The quantitative estimate of drug-likeness (QED) is 0.595. The topological polar surface area (TPSA) is 58.4 Å². The van der Waals surface area contributed by atoms with Crippen molar-refractivity contribution in [3.63, 3.8) is 0 Å². The number of hydrogen-bond acceptors (Lipinski definition) is 5. The molecule has 2 aromatic rings. The molecule has 0 unspecified atom stereocenters. The largest absolute Gasteiger partial charge is 0.383 e. The van der Waals surface area contributed by atoms with Gasteiger partial charge in [0, 0.05) is 45.2 Å². The highest BCUT2D eigenvalue weighted by Crippen LogP contribution is 2.10. The van der Waals surface area contributed by atoms with Crippen molar-refractivity contribution in [3.8, 4) is 5.69 Å². The molecular formula is C18H22N4O2. The molecule has 6 nitrogen and oxygen atoms in total. The van der Waals surface area contributed by atoms with Gasteiger partial charge in [-0.15, -0.1) is 0 Å². The Labute approximate surface area is 141 Å². The van der Waals surface area contributed by atoms with Crippen LogP contribution in [0.1, 0.15) is 16.1 Å². The molecule has 0 N–H and O–H groups in total. The standard InChI is InChI=1S/C18H22N4O2/c1-20(2)10-8-16(23)18-17(24)9-11-22(19-18)15-7-5-6-14(12-15)13-21(3)4/h5-12H,13H2,1-4H3. The van der Waals surface area contributed by atoms with Gasteiger partial charge in [-0.3, -0.25) is 9.59 Å². The molecule has 0 saturated heterocycles. The maximum absolute atomic E-state index is 12.2. The van der Waals surface area contributed by atoms with Crippen LogP contribution in [0.3, 0.4) is 0 Å². The van der Waals surface area contributed by atoms with Gasteiger partial charge in [0.2, 0.25) is 11.2 Å². The van der Waals surface area contributed by atoms with Crippen LogP contribution in [-0.2, 0) is 6.54 Å². The molecule has 0 atom stereocenters. The van der Waals surface area contributed by atoms with Crippen molar-refractivity contribution in [2.24, 2.45) is 0 Å². The van der Waals surface area contributed by atoms with E-state index in [0.29, 0.717) is 0 Å². The monoisotopic (exact) mass is 326 g/mol. The van der Waals surface area contributed by atoms with Gasteiger partial charge in [0.1, 0.15) is 0 Å². The zero-order valence-corrected chi connectivity index (χ0v) is 14.4. The summed E-state index contributed by atoms with van der Waals surface area (Å²) in [6, 6.07) is 9.20. The average molecular weight is 326 g/mol. The van der Waals surface area contributed by atoms with E-state index in [0.717, 1.165) is 17.8 Å². The molecule has 24 heavy (non-hydrogen) atoms. The van der Waals surface area contributed by atoms with E-state index in [4.69, 9.17) is 0 Å². The first-order valence-corrected chi connectivity index (χ1v) is 7.60. The summed E-state index contributed by atoms with van der Waals surface area (Å²) in [6.07, 6.45) is 4.51. The van der Waals surface area contributed by atoms with Gasteiger partial charge >= 0.3 is 0 Å². The number of aromatic nitrogens is 2.